The molecule has 0 saturated carbocycles. The summed E-state index contributed by atoms with van der Waals surface area (Å²) in [5.74, 6) is 0. The fourth-order valence-corrected chi connectivity index (χ4v) is 1.82. The van der Waals surface area contributed by atoms with Gasteiger partial charge in [0.05, 0.1) is 11.4 Å². The van der Waals surface area contributed by atoms with Crippen molar-refractivity contribution >= 4 is 23.0 Å². The lowest BCUT2D eigenvalue weighted by Crippen LogP contribution is -2.13. The van der Waals surface area contributed by atoms with Crippen LogP contribution in [-0.2, 0) is 6.42 Å². The average Bonchev–Trinajstić information content (AvgIpc) is 2.12. The first-order valence-electron chi connectivity index (χ1n) is 4.10. The Bertz CT molecular complexity index is 279. The van der Waals surface area contributed by atoms with Crippen molar-refractivity contribution in [2.45, 2.75) is 12.8 Å². The van der Waals surface area contributed by atoms with Crippen molar-refractivity contribution in [3.05, 3.63) is 22.7 Å². The molecule has 3 heteroatoms. The molecule has 0 spiro atoms. The van der Waals surface area contributed by atoms with Crippen LogP contribution in [0.25, 0.3) is 0 Å². The van der Waals surface area contributed by atoms with Crippen LogP contribution >= 0.6 is 11.6 Å². The molecule has 0 atom stereocenters. The minimum Gasteiger partial charge on any atom is -0.397 e. The van der Waals surface area contributed by atoms with Crippen molar-refractivity contribution in [3.8, 4) is 0 Å². The Kier molecular flexibility index (Phi) is 1.85. The van der Waals surface area contributed by atoms with E-state index in [4.69, 9.17) is 17.3 Å². The van der Waals surface area contributed by atoms with Gasteiger partial charge in [-0.3, -0.25) is 0 Å². The third-order valence-electron chi connectivity index (χ3n) is 2.19. The van der Waals surface area contributed by atoms with Crippen LogP contribution in [0.15, 0.2) is 12.1 Å². The second-order valence-corrected chi connectivity index (χ2v) is 3.43. The molecule has 1 aromatic rings. The van der Waals surface area contributed by atoms with Gasteiger partial charge in [0.1, 0.15) is 0 Å². The number of hydrogen-bond donors (Lipinski definition) is 2. The molecule has 0 saturated heterocycles. The molecule has 0 amide bonds. The maximum Gasteiger partial charge on any atom is 0.0621 e. The molecule has 1 aromatic carbocycles. The molecule has 0 bridgehead atoms. The van der Waals surface area contributed by atoms with Gasteiger partial charge in [0.2, 0.25) is 0 Å². The van der Waals surface area contributed by atoms with Crippen molar-refractivity contribution in [1.82, 2.24) is 0 Å². The Balaban J connectivity index is 2.57. The van der Waals surface area contributed by atoms with Crippen LogP contribution < -0.4 is 11.1 Å². The lowest BCUT2D eigenvalue weighted by molar-refractivity contribution is 0.831. The fraction of sp³-hybridized carbons (Fsp3) is 0.333. The van der Waals surface area contributed by atoms with Crippen LogP contribution in [0.3, 0.4) is 0 Å². The van der Waals surface area contributed by atoms with Gasteiger partial charge in [-0.1, -0.05) is 11.6 Å². The summed E-state index contributed by atoms with van der Waals surface area (Å²) in [6.07, 6.45) is 2.17. The van der Waals surface area contributed by atoms with Crippen molar-refractivity contribution in [3.63, 3.8) is 0 Å². The SMILES string of the molecule is Nc1ccc(Cl)c2c1NCCC2. The number of benzene rings is 1. The highest BCUT2D eigenvalue weighted by atomic mass is 35.5. The quantitative estimate of drug-likeness (QED) is 0.605. The number of hydrogen-bond acceptors (Lipinski definition) is 2. The summed E-state index contributed by atoms with van der Waals surface area (Å²) >= 11 is 6.02. The average molecular weight is 183 g/mol. The molecular formula is C9H11ClN2. The van der Waals surface area contributed by atoms with Gasteiger partial charge in [-0.25, -0.2) is 0 Å². The lowest BCUT2D eigenvalue weighted by atomic mass is 10.0. The highest BCUT2D eigenvalue weighted by molar-refractivity contribution is 6.32. The lowest BCUT2D eigenvalue weighted by Gasteiger charge is -2.20. The van der Waals surface area contributed by atoms with E-state index in [2.05, 4.69) is 5.32 Å². The summed E-state index contributed by atoms with van der Waals surface area (Å²) < 4.78 is 0. The van der Waals surface area contributed by atoms with Gasteiger partial charge >= 0.3 is 0 Å². The Morgan fingerprint density at radius 2 is 2.25 bits per heavy atom. The van der Waals surface area contributed by atoms with E-state index in [1.807, 2.05) is 12.1 Å². The van der Waals surface area contributed by atoms with E-state index >= 15 is 0 Å². The summed E-state index contributed by atoms with van der Waals surface area (Å²) in [6.45, 7) is 0.998. The second-order valence-electron chi connectivity index (χ2n) is 3.02. The number of nitrogens with one attached hydrogen (secondary N) is 1. The van der Waals surface area contributed by atoms with E-state index < -0.39 is 0 Å². The van der Waals surface area contributed by atoms with Gasteiger partial charge < -0.3 is 11.1 Å². The zero-order valence-corrected chi connectivity index (χ0v) is 7.49. The maximum atomic E-state index is 6.02. The molecule has 2 rings (SSSR count). The van der Waals surface area contributed by atoms with E-state index in [1.165, 1.54) is 5.56 Å². The Morgan fingerprint density at radius 1 is 1.42 bits per heavy atom. The molecule has 1 aliphatic rings. The normalized spacial score (nSPS) is 15.1. The van der Waals surface area contributed by atoms with Crippen molar-refractivity contribution in [2.24, 2.45) is 0 Å². The summed E-state index contributed by atoms with van der Waals surface area (Å²) in [5, 5.41) is 4.09. The largest absolute Gasteiger partial charge is 0.397 e. The standard InChI is InChI=1S/C9H11ClN2/c10-7-3-4-8(11)9-6(7)2-1-5-12-9/h3-4,12H,1-2,5,11H2. The van der Waals surface area contributed by atoms with Gasteiger partial charge in [-0.2, -0.15) is 0 Å². The molecule has 0 radical (unpaired) electrons. The molecular weight excluding hydrogens is 172 g/mol. The van der Waals surface area contributed by atoms with Crippen LogP contribution in [0.5, 0.6) is 0 Å². The molecule has 3 N–H and O–H groups in total. The smallest absolute Gasteiger partial charge is 0.0621 e. The molecule has 0 unspecified atom stereocenters. The molecule has 2 nitrogen and oxygen atoms in total. The maximum absolute atomic E-state index is 6.02. The Labute approximate surface area is 76.7 Å². The van der Waals surface area contributed by atoms with Gasteiger partial charge in [0, 0.05) is 11.6 Å². The predicted octanol–water partition coefficient (Wildman–Crippen LogP) is 2.28. The van der Waals surface area contributed by atoms with Crippen LogP contribution in [0.1, 0.15) is 12.0 Å². The minimum absolute atomic E-state index is 0.800. The van der Waals surface area contributed by atoms with Gasteiger partial charge in [-0.05, 0) is 30.5 Å². The van der Waals surface area contributed by atoms with Crippen LogP contribution in [0.2, 0.25) is 5.02 Å². The molecule has 1 heterocycles. The summed E-state index contributed by atoms with van der Waals surface area (Å²) in [4.78, 5) is 0. The van der Waals surface area contributed by atoms with Crippen LogP contribution in [0.4, 0.5) is 11.4 Å². The number of nitrogen functional groups attached to an aromatic ring is 1. The summed E-state index contributed by atoms with van der Waals surface area (Å²) in [6, 6.07) is 3.71. The Morgan fingerprint density at radius 3 is 3.00 bits per heavy atom. The number of halogens is 1. The zero-order valence-electron chi connectivity index (χ0n) is 6.73. The number of anilines is 2. The molecule has 0 fully saturated rings. The Hall–Kier alpha value is -0.890. The first-order chi connectivity index (χ1) is 5.79. The number of rotatable bonds is 0. The van der Waals surface area contributed by atoms with E-state index in [-0.39, 0.29) is 0 Å². The highest BCUT2D eigenvalue weighted by Gasteiger charge is 2.13. The molecule has 1 aliphatic heterocycles. The fourth-order valence-electron chi connectivity index (χ4n) is 1.57. The minimum atomic E-state index is 0.800. The van der Waals surface area contributed by atoms with Crippen LogP contribution in [0, 0.1) is 0 Å². The van der Waals surface area contributed by atoms with Crippen molar-refractivity contribution < 1.29 is 0 Å². The third-order valence-corrected chi connectivity index (χ3v) is 2.55. The van der Waals surface area contributed by atoms with E-state index in [1.54, 1.807) is 0 Å². The number of nitrogens with two attached hydrogens (primary N) is 1. The van der Waals surface area contributed by atoms with Gasteiger partial charge in [0.15, 0.2) is 0 Å². The number of fused-ring (bicyclic) bond motifs is 1. The van der Waals surface area contributed by atoms with Gasteiger partial charge in [-0.15, -0.1) is 0 Å². The highest BCUT2D eigenvalue weighted by Crippen LogP contribution is 2.33. The van der Waals surface area contributed by atoms with Crippen molar-refractivity contribution in [1.29, 1.82) is 0 Å². The van der Waals surface area contributed by atoms with E-state index in [9.17, 15) is 0 Å². The van der Waals surface area contributed by atoms with Crippen molar-refractivity contribution in [2.75, 3.05) is 17.6 Å². The van der Waals surface area contributed by atoms with Crippen LogP contribution in [-0.4, -0.2) is 6.54 Å². The monoisotopic (exact) mass is 182 g/mol. The topological polar surface area (TPSA) is 38.0 Å². The molecule has 12 heavy (non-hydrogen) atoms. The second kappa shape index (κ2) is 2.87. The summed E-state index contributed by atoms with van der Waals surface area (Å²) in [7, 11) is 0. The first-order valence-corrected chi connectivity index (χ1v) is 4.47. The predicted molar refractivity (Wildman–Crippen MR) is 52.7 cm³/mol. The van der Waals surface area contributed by atoms with E-state index in [0.29, 0.717) is 0 Å². The van der Waals surface area contributed by atoms with E-state index in [0.717, 1.165) is 35.8 Å². The van der Waals surface area contributed by atoms with Gasteiger partial charge in [0.25, 0.3) is 0 Å². The molecule has 0 aliphatic carbocycles. The zero-order chi connectivity index (χ0) is 8.55. The summed E-state index contributed by atoms with van der Waals surface area (Å²) in [5.41, 5.74) is 8.79. The molecule has 64 valence electrons. The third kappa shape index (κ3) is 1.12. The first kappa shape index (κ1) is 7.74. The molecule has 0 aromatic heterocycles.